The van der Waals surface area contributed by atoms with Crippen LogP contribution in [0.2, 0.25) is 5.02 Å². The summed E-state index contributed by atoms with van der Waals surface area (Å²) in [7, 11) is 1.67. The van der Waals surface area contributed by atoms with Gasteiger partial charge in [0.25, 0.3) is 0 Å². The fourth-order valence-electron chi connectivity index (χ4n) is 2.40. The lowest BCUT2D eigenvalue weighted by molar-refractivity contribution is 0.410. The first-order chi connectivity index (χ1) is 10.2. The quantitative estimate of drug-likeness (QED) is 0.793. The zero-order valence-electron chi connectivity index (χ0n) is 11.6. The van der Waals surface area contributed by atoms with E-state index in [9.17, 15) is 0 Å². The van der Waals surface area contributed by atoms with Crippen molar-refractivity contribution in [3.8, 4) is 5.75 Å². The van der Waals surface area contributed by atoms with Gasteiger partial charge in [-0.05, 0) is 41.5 Å². The third-order valence-corrected chi connectivity index (χ3v) is 3.70. The molecule has 0 spiro atoms. The Morgan fingerprint density at radius 3 is 2.71 bits per heavy atom. The van der Waals surface area contributed by atoms with Crippen molar-refractivity contribution >= 4 is 28.3 Å². The second-order valence-electron chi connectivity index (χ2n) is 4.86. The minimum absolute atomic E-state index is 0.538. The molecular formula is C17H15ClN2O. The number of aromatic nitrogens is 1. The van der Waals surface area contributed by atoms with E-state index < -0.39 is 0 Å². The Hall–Kier alpha value is -2.26. The summed E-state index contributed by atoms with van der Waals surface area (Å²) in [6.45, 7) is 0. The number of para-hydroxylation sites is 1. The first-order valence-electron chi connectivity index (χ1n) is 6.64. The molecule has 3 rings (SSSR count). The number of nitrogens with two attached hydrogens (primary N) is 1. The van der Waals surface area contributed by atoms with E-state index in [0.29, 0.717) is 17.3 Å². The second kappa shape index (κ2) is 5.62. The first kappa shape index (κ1) is 13.7. The van der Waals surface area contributed by atoms with Crippen molar-refractivity contribution < 1.29 is 4.74 Å². The molecule has 0 aliphatic heterocycles. The lowest BCUT2D eigenvalue weighted by Crippen LogP contribution is -2.00. The summed E-state index contributed by atoms with van der Waals surface area (Å²) >= 11 is 6.04. The summed E-state index contributed by atoms with van der Waals surface area (Å²) < 4.78 is 5.38. The Balaban J connectivity index is 2.05. The van der Waals surface area contributed by atoms with Gasteiger partial charge in [0.2, 0.25) is 0 Å². The van der Waals surface area contributed by atoms with Gasteiger partial charge in [-0.2, -0.15) is 0 Å². The van der Waals surface area contributed by atoms with Gasteiger partial charge in [-0.15, -0.1) is 0 Å². The van der Waals surface area contributed by atoms with E-state index in [2.05, 4.69) is 4.98 Å². The number of hydrogen-bond donors (Lipinski definition) is 1. The molecule has 0 bridgehead atoms. The summed E-state index contributed by atoms with van der Waals surface area (Å²) in [6.07, 6.45) is 0.672. The van der Waals surface area contributed by atoms with Crippen LogP contribution < -0.4 is 10.5 Å². The molecule has 0 aliphatic rings. The predicted molar refractivity (Wildman–Crippen MR) is 87.0 cm³/mol. The van der Waals surface area contributed by atoms with Gasteiger partial charge in [0.1, 0.15) is 11.6 Å². The van der Waals surface area contributed by atoms with Crippen LogP contribution in [0.15, 0.2) is 48.5 Å². The second-order valence-corrected chi connectivity index (χ2v) is 5.29. The number of ether oxygens (including phenoxy) is 1. The molecule has 2 aromatic carbocycles. The average molecular weight is 299 g/mol. The van der Waals surface area contributed by atoms with E-state index in [0.717, 1.165) is 27.8 Å². The molecular weight excluding hydrogens is 284 g/mol. The van der Waals surface area contributed by atoms with Crippen molar-refractivity contribution in [2.75, 3.05) is 12.8 Å². The van der Waals surface area contributed by atoms with Crippen molar-refractivity contribution in [1.82, 2.24) is 4.98 Å². The van der Waals surface area contributed by atoms with E-state index >= 15 is 0 Å². The van der Waals surface area contributed by atoms with Gasteiger partial charge in [0, 0.05) is 16.8 Å². The SMILES string of the molecule is COc1ccccc1Cc1cc2cc(Cl)ccc2nc1N. The molecule has 0 aliphatic carbocycles. The Kier molecular flexibility index (Phi) is 3.67. The predicted octanol–water partition coefficient (Wildman–Crippen LogP) is 4.07. The molecule has 0 saturated heterocycles. The molecule has 1 aromatic heterocycles. The molecule has 0 saturated carbocycles. The highest BCUT2D eigenvalue weighted by Crippen LogP contribution is 2.26. The number of halogens is 1. The third-order valence-electron chi connectivity index (χ3n) is 3.46. The molecule has 0 fully saturated rings. The molecule has 3 aromatic rings. The highest BCUT2D eigenvalue weighted by Gasteiger charge is 2.08. The van der Waals surface area contributed by atoms with E-state index in [-0.39, 0.29) is 0 Å². The van der Waals surface area contributed by atoms with Crippen molar-refractivity contribution in [2.24, 2.45) is 0 Å². The number of benzene rings is 2. The third kappa shape index (κ3) is 2.78. The summed E-state index contributed by atoms with van der Waals surface area (Å²) in [4.78, 5) is 4.45. The standard InChI is InChI=1S/C17H15ClN2O/c1-21-16-5-3-2-4-11(16)8-13-9-12-10-14(18)6-7-15(12)20-17(13)19/h2-7,9-10H,8H2,1H3,(H2,19,20). The van der Waals surface area contributed by atoms with Gasteiger partial charge < -0.3 is 10.5 Å². The number of rotatable bonds is 3. The van der Waals surface area contributed by atoms with Gasteiger partial charge >= 0.3 is 0 Å². The molecule has 1 heterocycles. The Labute approximate surface area is 128 Å². The molecule has 0 amide bonds. The van der Waals surface area contributed by atoms with Gasteiger partial charge in [0.05, 0.1) is 12.6 Å². The van der Waals surface area contributed by atoms with Crippen LogP contribution in [0, 0.1) is 0 Å². The smallest absolute Gasteiger partial charge is 0.127 e. The normalized spacial score (nSPS) is 10.8. The number of anilines is 1. The van der Waals surface area contributed by atoms with Crippen molar-refractivity contribution in [3.05, 3.63) is 64.7 Å². The van der Waals surface area contributed by atoms with Gasteiger partial charge in [0.15, 0.2) is 0 Å². The molecule has 21 heavy (non-hydrogen) atoms. The highest BCUT2D eigenvalue weighted by molar-refractivity contribution is 6.31. The van der Waals surface area contributed by atoms with Crippen molar-refractivity contribution in [2.45, 2.75) is 6.42 Å². The number of nitrogens with zero attached hydrogens (tertiary/aromatic N) is 1. The maximum Gasteiger partial charge on any atom is 0.127 e. The van der Waals surface area contributed by atoms with E-state index in [1.54, 1.807) is 7.11 Å². The highest BCUT2D eigenvalue weighted by atomic mass is 35.5. The maximum absolute atomic E-state index is 6.08. The van der Waals surface area contributed by atoms with Crippen LogP contribution in [0.1, 0.15) is 11.1 Å². The molecule has 3 nitrogen and oxygen atoms in total. The lowest BCUT2D eigenvalue weighted by atomic mass is 10.0. The Bertz CT molecular complexity index is 802. The van der Waals surface area contributed by atoms with Crippen LogP contribution in [0.3, 0.4) is 0 Å². The zero-order valence-corrected chi connectivity index (χ0v) is 12.4. The number of methoxy groups -OCH3 is 1. The number of nitrogen functional groups attached to an aromatic ring is 1. The van der Waals surface area contributed by atoms with Gasteiger partial charge in [-0.25, -0.2) is 4.98 Å². The van der Waals surface area contributed by atoms with E-state index in [1.807, 2.05) is 48.5 Å². The maximum atomic E-state index is 6.08. The van der Waals surface area contributed by atoms with E-state index in [4.69, 9.17) is 22.1 Å². The summed E-state index contributed by atoms with van der Waals surface area (Å²) in [5, 5.41) is 1.68. The van der Waals surface area contributed by atoms with Crippen LogP contribution >= 0.6 is 11.6 Å². The summed E-state index contributed by atoms with van der Waals surface area (Å²) in [5.41, 5.74) is 8.97. The number of pyridine rings is 1. The number of hydrogen-bond acceptors (Lipinski definition) is 3. The zero-order chi connectivity index (χ0) is 14.8. The first-order valence-corrected chi connectivity index (χ1v) is 7.02. The topological polar surface area (TPSA) is 48.1 Å². The molecule has 106 valence electrons. The molecule has 0 unspecified atom stereocenters. The molecule has 4 heteroatoms. The van der Waals surface area contributed by atoms with Crippen LogP contribution in [0.4, 0.5) is 5.82 Å². The lowest BCUT2D eigenvalue weighted by Gasteiger charge is -2.11. The monoisotopic (exact) mass is 298 g/mol. The van der Waals surface area contributed by atoms with Crippen molar-refractivity contribution in [3.63, 3.8) is 0 Å². The van der Waals surface area contributed by atoms with Gasteiger partial charge in [-0.3, -0.25) is 0 Å². The fraction of sp³-hybridized carbons (Fsp3) is 0.118. The molecule has 0 radical (unpaired) electrons. The van der Waals surface area contributed by atoms with Crippen LogP contribution in [0.25, 0.3) is 10.9 Å². The minimum atomic E-state index is 0.538. The van der Waals surface area contributed by atoms with Crippen LogP contribution in [0.5, 0.6) is 5.75 Å². The van der Waals surface area contributed by atoms with E-state index in [1.165, 1.54) is 0 Å². The number of fused-ring (bicyclic) bond motifs is 1. The average Bonchev–Trinajstić information content (AvgIpc) is 2.49. The Morgan fingerprint density at radius 2 is 1.90 bits per heavy atom. The van der Waals surface area contributed by atoms with Crippen LogP contribution in [-0.4, -0.2) is 12.1 Å². The van der Waals surface area contributed by atoms with Gasteiger partial charge in [-0.1, -0.05) is 29.8 Å². The summed E-state index contributed by atoms with van der Waals surface area (Å²) in [5.74, 6) is 1.39. The van der Waals surface area contributed by atoms with Crippen LogP contribution in [-0.2, 0) is 6.42 Å². The largest absolute Gasteiger partial charge is 0.496 e. The Morgan fingerprint density at radius 1 is 1.10 bits per heavy atom. The fourth-order valence-corrected chi connectivity index (χ4v) is 2.58. The molecule has 0 atom stereocenters. The minimum Gasteiger partial charge on any atom is -0.496 e. The summed E-state index contributed by atoms with van der Waals surface area (Å²) in [6, 6.07) is 15.5. The van der Waals surface area contributed by atoms with Crippen molar-refractivity contribution in [1.29, 1.82) is 0 Å². The molecule has 2 N–H and O–H groups in total.